The normalized spacial score (nSPS) is 12.8. The summed E-state index contributed by atoms with van der Waals surface area (Å²) in [6.07, 6.45) is 6.86. The van der Waals surface area contributed by atoms with Crippen LogP contribution in [0.15, 0.2) is 18.2 Å². The fraction of sp³-hybridized carbons (Fsp3) is 0.667. The van der Waals surface area contributed by atoms with Gasteiger partial charge in [-0.05, 0) is 24.5 Å². The van der Waals surface area contributed by atoms with Gasteiger partial charge in [-0.1, -0.05) is 111 Å². The molecular formula is C18H27Cl4O2P. The SMILES string of the molecule is CCCCCC(Cl)(Cl)c1cccc(P(O)O)c1C(Cl)(Cl)CCCCC. The van der Waals surface area contributed by atoms with E-state index in [9.17, 15) is 9.79 Å². The largest absolute Gasteiger partial charge is 0.347 e. The molecule has 1 aromatic rings. The van der Waals surface area contributed by atoms with Crippen molar-refractivity contribution < 1.29 is 9.79 Å². The molecule has 0 saturated carbocycles. The third-order valence-electron chi connectivity index (χ3n) is 4.21. The van der Waals surface area contributed by atoms with Crippen LogP contribution < -0.4 is 5.30 Å². The molecule has 0 aliphatic heterocycles. The molecule has 7 heteroatoms. The molecule has 1 aromatic carbocycles. The maximum Gasteiger partial charge on any atom is 0.200 e. The zero-order chi connectivity index (χ0) is 19.1. The summed E-state index contributed by atoms with van der Waals surface area (Å²) in [5.41, 5.74) is 1.02. The third-order valence-corrected chi connectivity index (χ3v) is 6.55. The highest BCUT2D eigenvalue weighted by atomic mass is 35.5. The van der Waals surface area contributed by atoms with Crippen molar-refractivity contribution in [2.45, 2.75) is 73.9 Å². The van der Waals surface area contributed by atoms with E-state index >= 15 is 0 Å². The lowest BCUT2D eigenvalue weighted by Gasteiger charge is -2.31. The Labute approximate surface area is 172 Å². The van der Waals surface area contributed by atoms with Crippen LogP contribution in [0.5, 0.6) is 0 Å². The molecule has 25 heavy (non-hydrogen) atoms. The summed E-state index contributed by atoms with van der Waals surface area (Å²) < 4.78 is -2.45. The Bertz CT molecular complexity index is 536. The van der Waals surface area contributed by atoms with E-state index in [2.05, 4.69) is 13.8 Å². The number of alkyl halides is 4. The van der Waals surface area contributed by atoms with E-state index in [4.69, 9.17) is 46.4 Å². The van der Waals surface area contributed by atoms with Gasteiger partial charge >= 0.3 is 0 Å². The summed E-state index contributed by atoms with van der Waals surface area (Å²) in [4.78, 5) is 19.7. The van der Waals surface area contributed by atoms with E-state index in [1.807, 2.05) is 0 Å². The number of hydrogen-bond acceptors (Lipinski definition) is 2. The first-order valence-electron chi connectivity index (χ1n) is 8.74. The molecule has 0 spiro atoms. The average molecular weight is 448 g/mol. The lowest BCUT2D eigenvalue weighted by Crippen LogP contribution is -2.27. The molecule has 144 valence electrons. The summed E-state index contributed by atoms with van der Waals surface area (Å²) in [6.45, 7) is 4.21. The van der Waals surface area contributed by atoms with Gasteiger partial charge in [0.2, 0.25) is 0 Å². The second-order valence-corrected chi connectivity index (χ2v) is 10.3. The van der Waals surface area contributed by atoms with Gasteiger partial charge in [0.1, 0.15) is 8.67 Å². The molecule has 0 saturated heterocycles. The Kier molecular flexibility index (Phi) is 10.4. The number of benzene rings is 1. The number of halogens is 4. The van der Waals surface area contributed by atoms with E-state index < -0.39 is 17.0 Å². The first kappa shape index (κ1) is 23.8. The molecule has 2 N–H and O–H groups in total. The van der Waals surface area contributed by atoms with Gasteiger partial charge in [-0.3, -0.25) is 0 Å². The monoisotopic (exact) mass is 446 g/mol. The Morgan fingerprint density at radius 3 is 1.84 bits per heavy atom. The molecule has 0 amide bonds. The predicted octanol–water partition coefficient (Wildman–Crippen LogP) is 7.03. The minimum absolute atomic E-state index is 0.315. The minimum Gasteiger partial charge on any atom is -0.347 e. The van der Waals surface area contributed by atoms with Crippen LogP contribution in [0.25, 0.3) is 0 Å². The molecule has 0 aliphatic rings. The highest BCUT2D eigenvalue weighted by Crippen LogP contribution is 2.49. The maximum atomic E-state index is 9.86. The van der Waals surface area contributed by atoms with Crippen molar-refractivity contribution in [1.29, 1.82) is 0 Å². The molecule has 0 radical (unpaired) electrons. The van der Waals surface area contributed by atoms with Gasteiger partial charge < -0.3 is 9.79 Å². The van der Waals surface area contributed by atoms with Gasteiger partial charge in [0.25, 0.3) is 0 Å². The number of hydrogen-bond donors (Lipinski definition) is 2. The van der Waals surface area contributed by atoms with Crippen molar-refractivity contribution in [2.75, 3.05) is 0 Å². The first-order valence-corrected chi connectivity index (χ1v) is 11.5. The molecular weight excluding hydrogens is 421 g/mol. The molecule has 1 rings (SSSR count). The summed E-state index contributed by atoms with van der Waals surface area (Å²) in [5.74, 6) is 0. The number of rotatable bonds is 11. The molecule has 0 aromatic heterocycles. The van der Waals surface area contributed by atoms with E-state index in [1.54, 1.807) is 18.2 Å². The van der Waals surface area contributed by atoms with Gasteiger partial charge in [0.15, 0.2) is 8.38 Å². The van der Waals surface area contributed by atoms with Crippen LogP contribution in [-0.2, 0) is 8.67 Å². The van der Waals surface area contributed by atoms with Crippen LogP contribution in [0.4, 0.5) is 0 Å². The van der Waals surface area contributed by atoms with Crippen molar-refractivity contribution in [3.8, 4) is 0 Å². The maximum absolute atomic E-state index is 9.86. The highest BCUT2D eigenvalue weighted by molar-refractivity contribution is 7.54. The second kappa shape index (κ2) is 10.9. The van der Waals surface area contributed by atoms with E-state index in [0.29, 0.717) is 29.3 Å². The summed E-state index contributed by atoms with van der Waals surface area (Å²) in [6, 6.07) is 5.12. The molecule has 0 unspecified atom stereocenters. The van der Waals surface area contributed by atoms with Crippen LogP contribution in [0.2, 0.25) is 0 Å². The molecule has 0 aliphatic carbocycles. The van der Waals surface area contributed by atoms with Crippen LogP contribution in [0.3, 0.4) is 0 Å². The van der Waals surface area contributed by atoms with Gasteiger partial charge in [0.05, 0.1) is 0 Å². The first-order chi connectivity index (χ1) is 11.7. The standard InChI is InChI=1S/C18H27Cl4O2P/c1-3-5-7-12-17(19,20)14-10-9-11-15(25(23)24)16(14)18(21,22)13-8-6-4-2/h9-11,23-24H,3-8,12-13H2,1-2H3. The fourth-order valence-corrected chi connectivity index (χ4v) is 4.97. The van der Waals surface area contributed by atoms with Crippen molar-refractivity contribution in [1.82, 2.24) is 0 Å². The van der Waals surface area contributed by atoms with E-state index in [-0.39, 0.29) is 0 Å². The van der Waals surface area contributed by atoms with Crippen LogP contribution in [0, 0.1) is 0 Å². The Morgan fingerprint density at radius 2 is 1.36 bits per heavy atom. The summed E-state index contributed by atoms with van der Waals surface area (Å²) >= 11 is 26.6. The van der Waals surface area contributed by atoms with Gasteiger partial charge in [-0.25, -0.2) is 0 Å². The Hall–Kier alpha value is 0.730. The smallest absolute Gasteiger partial charge is 0.200 e. The highest BCUT2D eigenvalue weighted by Gasteiger charge is 2.39. The van der Waals surface area contributed by atoms with Gasteiger partial charge in [0, 0.05) is 10.9 Å². The Morgan fingerprint density at radius 1 is 0.840 bits per heavy atom. The van der Waals surface area contributed by atoms with Crippen molar-refractivity contribution >= 4 is 60.1 Å². The lowest BCUT2D eigenvalue weighted by molar-refractivity contribution is 0.495. The van der Waals surface area contributed by atoms with Crippen molar-refractivity contribution in [2.24, 2.45) is 0 Å². The third kappa shape index (κ3) is 7.00. The quantitative estimate of drug-likeness (QED) is 0.217. The molecule has 0 fully saturated rings. The van der Waals surface area contributed by atoms with E-state index in [0.717, 1.165) is 38.5 Å². The second-order valence-electron chi connectivity index (χ2n) is 6.31. The molecule has 0 heterocycles. The van der Waals surface area contributed by atoms with Crippen LogP contribution in [-0.4, -0.2) is 9.79 Å². The summed E-state index contributed by atoms with van der Waals surface area (Å²) in [5, 5.41) is 0.315. The van der Waals surface area contributed by atoms with Gasteiger partial charge in [-0.2, -0.15) is 0 Å². The average Bonchev–Trinajstić information content (AvgIpc) is 2.54. The van der Waals surface area contributed by atoms with Crippen molar-refractivity contribution in [3.63, 3.8) is 0 Å². The molecule has 0 atom stereocenters. The van der Waals surface area contributed by atoms with Crippen LogP contribution in [0.1, 0.15) is 76.3 Å². The number of unbranched alkanes of at least 4 members (excludes halogenated alkanes) is 4. The summed E-state index contributed by atoms with van der Waals surface area (Å²) in [7, 11) is -2.36. The zero-order valence-electron chi connectivity index (χ0n) is 14.7. The van der Waals surface area contributed by atoms with Crippen LogP contribution >= 0.6 is 54.8 Å². The predicted molar refractivity (Wildman–Crippen MR) is 112 cm³/mol. The fourth-order valence-electron chi connectivity index (χ4n) is 2.85. The van der Waals surface area contributed by atoms with E-state index in [1.165, 1.54) is 0 Å². The van der Waals surface area contributed by atoms with Gasteiger partial charge in [-0.15, -0.1) is 0 Å². The zero-order valence-corrected chi connectivity index (χ0v) is 18.7. The molecule has 0 bridgehead atoms. The minimum atomic E-state index is -2.36. The topological polar surface area (TPSA) is 40.5 Å². The molecule has 2 nitrogen and oxygen atoms in total. The van der Waals surface area contributed by atoms with Crippen molar-refractivity contribution in [3.05, 3.63) is 29.3 Å². The lowest BCUT2D eigenvalue weighted by atomic mass is 9.95. The Balaban J connectivity index is 3.31.